The van der Waals surface area contributed by atoms with Gasteiger partial charge in [-0.3, -0.25) is 28.9 Å². The van der Waals surface area contributed by atoms with E-state index in [1.807, 2.05) is 111 Å². The highest BCUT2D eigenvalue weighted by atomic mass is 28.4. The number of benzene rings is 4. The number of aliphatic hydroxyl groups is 1. The van der Waals surface area contributed by atoms with Crippen LogP contribution in [0.3, 0.4) is 0 Å². The number of amides is 3. The van der Waals surface area contributed by atoms with Gasteiger partial charge < -0.3 is 19.5 Å². The van der Waals surface area contributed by atoms with Crippen LogP contribution in [0.25, 0.3) is 0 Å². The van der Waals surface area contributed by atoms with Gasteiger partial charge >= 0.3 is 0 Å². The first-order valence-electron chi connectivity index (χ1n) is 20.2. The van der Waals surface area contributed by atoms with Crippen molar-refractivity contribution in [3.05, 3.63) is 125 Å². The van der Waals surface area contributed by atoms with E-state index in [-0.39, 0.29) is 36.4 Å². The number of aliphatic hydroxyl groups excluding tert-OH is 1. The number of para-hydroxylation sites is 2. The summed E-state index contributed by atoms with van der Waals surface area (Å²) < 4.78 is 8.90. The predicted molar refractivity (Wildman–Crippen MR) is 222 cm³/mol. The van der Waals surface area contributed by atoms with Gasteiger partial charge in [0.15, 0.2) is 13.9 Å². The van der Waals surface area contributed by atoms with Gasteiger partial charge in [0.05, 0.1) is 35.4 Å². The van der Waals surface area contributed by atoms with Crippen LogP contribution in [-0.2, 0) is 57.1 Å². The second-order valence-corrected chi connectivity index (χ2v) is 20.5. The molecular weight excluding hydrogens is 749 g/mol. The van der Waals surface area contributed by atoms with E-state index >= 15 is 4.79 Å². The largest absolute Gasteiger partial charge is 0.432 e. The number of aromatic nitrogens is 3. The molecule has 5 heterocycles. The molecule has 0 aliphatic carbocycles. The fraction of sp³-hybridized carbons (Fsp3) is 0.356. The van der Waals surface area contributed by atoms with Crippen LogP contribution in [-0.4, -0.2) is 63.6 Å². The van der Waals surface area contributed by atoms with Crippen LogP contribution in [0.4, 0.5) is 28.4 Å². The Labute approximate surface area is 338 Å². The van der Waals surface area contributed by atoms with Crippen molar-refractivity contribution in [1.82, 2.24) is 15.0 Å². The minimum absolute atomic E-state index is 0.0204. The van der Waals surface area contributed by atoms with E-state index in [9.17, 15) is 19.5 Å². The van der Waals surface area contributed by atoms with Gasteiger partial charge in [0.2, 0.25) is 11.8 Å². The number of fused-ring (bicyclic) bond motifs is 4. The van der Waals surface area contributed by atoms with Gasteiger partial charge in [-0.15, -0.1) is 5.10 Å². The van der Waals surface area contributed by atoms with Crippen LogP contribution in [0.15, 0.2) is 97.2 Å². The molecule has 1 saturated heterocycles. The summed E-state index contributed by atoms with van der Waals surface area (Å²) in [5.41, 5.74) is 6.41. The highest BCUT2D eigenvalue weighted by molar-refractivity contribution is 6.71. The van der Waals surface area contributed by atoms with Crippen molar-refractivity contribution in [2.75, 3.05) is 21.3 Å². The van der Waals surface area contributed by atoms with Crippen molar-refractivity contribution >= 4 is 54.5 Å². The molecule has 4 aromatic carbocycles. The average Bonchev–Trinajstić information content (AvgIpc) is 3.86. The van der Waals surface area contributed by atoms with Crippen molar-refractivity contribution in [1.29, 1.82) is 0 Å². The minimum Gasteiger partial charge on any atom is -0.432 e. The summed E-state index contributed by atoms with van der Waals surface area (Å²) >= 11 is 0. The molecule has 13 heteroatoms. The first-order chi connectivity index (χ1) is 28.0. The molecule has 0 radical (unpaired) electrons. The molecule has 12 nitrogen and oxygen atoms in total. The van der Waals surface area contributed by atoms with Gasteiger partial charge in [-0.2, -0.15) is 0 Å². The first-order valence-corrected chi connectivity index (χ1v) is 23.3. The number of hydrogen-bond donors (Lipinski definition) is 2. The molecule has 1 spiro atoms. The molecule has 1 fully saturated rings. The van der Waals surface area contributed by atoms with E-state index in [1.54, 1.807) is 19.4 Å². The van der Waals surface area contributed by atoms with E-state index in [0.29, 0.717) is 67.7 Å². The number of anilines is 5. The molecule has 58 heavy (non-hydrogen) atoms. The fourth-order valence-corrected chi connectivity index (χ4v) is 12.6. The molecule has 2 N–H and O–H groups in total. The first kappa shape index (κ1) is 38.1. The van der Waals surface area contributed by atoms with E-state index in [4.69, 9.17) is 4.74 Å². The maximum atomic E-state index is 15.5. The second kappa shape index (κ2) is 14.7. The number of nitrogens with zero attached hydrogens (tertiary/aromatic N) is 6. The number of aryl methyl sites for hydroxylation is 3. The summed E-state index contributed by atoms with van der Waals surface area (Å²) in [5.74, 6) is -0.642. The van der Waals surface area contributed by atoms with Gasteiger partial charge in [0.25, 0.3) is 5.91 Å². The smallest absolute Gasteiger partial charge is 0.264 e. The maximum Gasteiger partial charge on any atom is 0.264 e. The summed E-state index contributed by atoms with van der Waals surface area (Å²) in [6.07, 6.45) is 4.33. The zero-order valence-electron chi connectivity index (χ0n) is 33.0. The topological polar surface area (TPSA) is 141 Å². The Kier molecular flexibility index (Phi) is 9.66. The molecule has 9 rings (SSSR count). The lowest BCUT2D eigenvalue weighted by Crippen LogP contribution is -2.46. The van der Waals surface area contributed by atoms with Gasteiger partial charge in [-0.25, -0.2) is 0 Å². The predicted octanol–water partition coefficient (Wildman–Crippen LogP) is 6.47. The molecule has 4 aliphatic heterocycles. The van der Waals surface area contributed by atoms with Crippen molar-refractivity contribution in [2.45, 2.75) is 88.9 Å². The van der Waals surface area contributed by atoms with E-state index < -0.39 is 25.9 Å². The van der Waals surface area contributed by atoms with E-state index in [1.165, 1.54) is 0 Å². The monoisotopic (exact) mass is 796 g/mol. The zero-order chi connectivity index (χ0) is 40.3. The molecule has 5 aromatic rings. The van der Waals surface area contributed by atoms with Crippen LogP contribution < -0.4 is 14.7 Å². The molecule has 0 unspecified atom stereocenters. The van der Waals surface area contributed by atoms with Crippen LogP contribution in [0.1, 0.15) is 54.1 Å². The molecule has 298 valence electrons. The van der Waals surface area contributed by atoms with Crippen molar-refractivity contribution < 1.29 is 29.0 Å². The van der Waals surface area contributed by atoms with Crippen LogP contribution >= 0.6 is 0 Å². The maximum absolute atomic E-state index is 15.5. The highest BCUT2D eigenvalue weighted by Crippen LogP contribution is 2.60. The van der Waals surface area contributed by atoms with Crippen molar-refractivity contribution in [2.24, 2.45) is 5.92 Å². The molecule has 3 amide bonds. The zero-order valence-corrected chi connectivity index (χ0v) is 34.0. The number of ether oxygens (including phenoxy) is 1. The Morgan fingerprint density at radius 3 is 2.12 bits per heavy atom. The molecule has 4 atom stereocenters. The Balaban J connectivity index is 1.12. The Hall–Kier alpha value is -5.47. The van der Waals surface area contributed by atoms with Crippen molar-refractivity contribution in [3.63, 3.8) is 0 Å². The van der Waals surface area contributed by atoms with Crippen LogP contribution in [0.5, 0.6) is 0 Å². The lowest BCUT2D eigenvalue weighted by molar-refractivity contribution is -0.146. The Morgan fingerprint density at radius 2 is 1.47 bits per heavy atom. The molecule has 4 aliphatic rings. The third-order valence-corrected chi connectivity index (χ3v) is 15.0. The minimum atomic E-state index is -2.98. The van der Waals surface area contributed by atoms with E-state index in [0.717, 1.165) is 33.8 Å². The molecule has 0 saturated carbocycles. The summed E-state index contributed by atoms with van der Waals surface area (Å²) in [7, 11) is -2.98. The number of hydrogen-bond acceptors (Lipinski definition) is 8. The quantitative estimate of drug-likeness (QED) is 0.153. The van der Waals surface area contributed by atoms with Crippen LogP contribution in [0, 0.1) is 5.92 Å². The summed E-state index contributed by atoms with van der Waals surface area (Å²) in [4.78, 5) is 59.8. The highest BCUT2D eigenvalue weighted by Gasteiger charge is 2.66. The van der Waals surface area contributed by atoms with Gasteiger partial charge in [-0.1, -0.05) is 60.7 Å². The fourth-order valence-electron chi connectivity index (χ4n) is 9.97. The summed E-state index contributed by atoms with van der Waals surface area (Å²) in [5, 5.41) is 17.9. The van der Waals surface area contributed by atoms with Gasteiger partial charge in [-0.05, 0) is 91.5 Å². The summed E-state index contributed by atoms with van der Waals surface area (Å²) in [6.45, 7) is 6.46. The van der Waals surface area contributed by atoms with E-state index in [2.05, 4.69) is 16.4 Å². The molecule has 1 aromatic heterocycles. The molecular formula is C45H48N6O6Si. The third kappa shape index (κ3) is 6.37. The number of carbonyl (C=O) groups excluding carboxylic acids is 3. The third-order valence-electron chi connectivity index (χ3n) is 12.5. The summed E-state index contributed by atoms with van der Waals surface area (Å²) in [6, 6.07) is 29.5. The lowest BCUT2D eigenvalue weighted by Gasteiger charge is -2.33. The normalized spacial score (nSPS) is 22.8. The van der Waals surface area contributed by atoms with Crippen LogP contribution in [0.2, 0.25) is 18.6 Å². The van der Waals surface area contributed by atoms with Gasteiger partial charge in [0.1, 0.15) is 0 Å². The second-order valence-electron chi connectivity index (χ2n) is 16.6. The van der Waals surface area contributed by atoms with Crippen molar-refractivity contribution in [3.8, 4) is 0 Å². The number of rotatable bonds is 10. The Morgan fingerprint density at radius 1 is 0.810 bits per heavy atom. The Bertz CT molecular complexity index is 2430. The average molecular weight is 797 g/mol. The molecule has 0 bridgehead atoms. The SMILES string of the molecule is C[C@H]1[C@H]([Si](C)(C)O)[C@@H](CCn2cc(CCO)nn2)O[C@]12C(=O)N(Cc1cccc(N3C(=O)CCc4ccccc43)c1)c1ccc(N3C(=O)CCc4ccccc43)cc12. The number of carbonyl (C=O) groups is 3. The van der Waals surface area contributed by atoms with Gasteiger partial charge in [0, 0.05) is 67.0 Å². The standard InChI is InChI=1S/C45H48N6O6Si/c1-29-43(58(2,3)56)40(21-23-48-28-33(22-24-52)46-47-48)57-45(29)36-26-35(51-38-14-7-5-11-32(38)16-20-42(51)54)17-18-39(36)49(44(45)55)27-30-9-8-12-34(25-30)50-37-13-6-4-10-31(37)15-19-41(50)53/h4-14,17-18,25-26,28-29,40,43,52,56H,15-16,19-24,27H2,1-3H3/t29-,40+,43-,45+/m0/s1. The lowest BCUT2D eigenvalue weighted by atomic mass is 9.82.